The Kier molecular flexibility index (Phi) is 6.34. The zero-order valence-corrected chi connectivity index (χ0v) is 19.4. The molecule has 0 N–H and O–H groups in total. The highest BCUT2D eigenvalue weighted by Crippen LogP contribution is 2.28. The third-order valence-corrected chi connectivity index (χ3v) is 5.97. The normalized spacial score (nSPS) is 12.3. The molecule has 5 rings (SSSR count). The van der Waals surface area contributed by atoms with E-state index in [4.69, 9.17) is 0 Å². The van der Waals surface area contributed by atoms with Crippen molar-refractivity contribution in [3.8, 4) is 11.1 Å². The van der Waals surface area contributed by atoms with Crippen LogP contribution in [0.1, 0.15) is 23.5 Å². The van der Waals surface area contributed by atoms with E-state index >= 15 is 0 Å². The summed E-state index contributed by atoms with van der Waals surface area (Å²) < 4.78 is 6.19. The van der Waals surface area contributed by atoms with Crippen LogP contribution in [0, 0.1) is 0 Å². The molecule has 8 heteroatoms. The van der Waals surface area contributed by atoms with Gasteiger partial charge in [0.2, 0.25) is 0 Å². The fourth-order valence-electron chi connectivity index (χ4n) is 4.29. The maximum Gasteiger partial charge on any atom is 0.137 e. The third-order valence-electron chi connectivity index (χ3n) is 5.97. The summed E-state index contributed by atoms with van der Waals surface area (Å²) in [5.74, 6) is 0. The molecular formula is C27H26N8. The van der Waals surface area contributed by atoms with Crippen molar-refractivity contribution < 1.29 is 0 Å². The molecule has 174 valence electrons. The summed E-state index contributed by atoms with van der Waals surface area (Å²) in [4.78, 5) is 18.6. The second-order valence-corrected chi connectivity index (χ2v) is 8.17. The first kappa shape index (κ1) is 22.1. The van der Waals surface area contributed by atoms with Crippen molar-refractivity contribution in [3.05, 3.63) is 128 Å². The van der Waals surface area contributed by atoms with Gasteiger partial charge in [0.15, 0.2) is 0 Å². The topological polar surface area (TPSA) is 69.1 Å². The Balaban J connectivity index is 1.41. The highest BCUT2D eigenvalue weighted by atomic mass is 15.3. The van der Waals surface area contributed by atoms with Crippen LogP contribution in [0.4, 0.5) is 0 Å². The van der Waals surface area contributed by atoms with E-state index in [-0.39, 0.29) is 12.3 Å². The Morgan fingerprint density at radius 2 is 1.23 bits per heavy atom. The first-order valence-electron chi connectivity index (χ1n) is 11.2. The smallest absolute Gasteiger partial charge is 0.137 e. The maximum atomic E-state index is 4.22. The van der Waals surface area contributed by atoms with Crippen LogP contribution in [-0.4, -0.2) is 47.3 Å². The monoisotopic (exact) mass is 462 g/mol. The number of rotatable bonds is 9. The standard InChI is InChI=1S/C27H26N8/c1-28-11-15-32(2)26(33-16-12-29-19-33)24-7-3-22(4-8-24)23-5-9-25(10-6-23)27(34-17-13-30-20-34)35-18-14-31-21-35/h3-21,26-27H,1H2,2H3/b15-11-. The fraction of sp³-hybridized carbons (Fsp3) is 0.111. The van der Waals surface area contributed by atoms with Gasteiger partial charge in [-0.2, -0.15) is 0 Å². The van der Waals surface area contributed by atoms with Crippen molar-refractivity contribution in [3.63, 3.8) is 0 Å². The van der Waals surface area contributed by atoms with E-state index in [0.29, 0.717) is 0 Å². The zero-order valence-electron chi connectivity index (χ0n) is 19.4. The van der Waals surface area contributed by atoms with E-state index in [1.165, 1.54) is 0 Å². The van der Waals surface area contributed by atoms with Crippen LogP contribution >= 0.6 is 0 Å². The summed E-state index contributed by atoms with van der Waals surface area (Å²) in [6.45, 7) is 3.53. The van der Waals surface area contributed by atoms with Gasteiger partial charge in [-0.05, 0) is 29.0 Å². The van der Waals surface area contributed by atoms with Gasteiger partial charge in [0, 0.05) is 56.6 Å². The molecule has 1 unspecified atom stereocenters. The predicted octanol–water partition coefficient (Wildman–Crippen LogP) is 4.69. The average Bonchev–Trinajstić information content (AvgIpc) is 3.69. The largest absolute Gasteiger partial charge is 0.355 e. The summed E-state index contributed by atoms with van der Waals surface area (Å²) in [6, 6.07) is 17.2. The number of imidazole rings is 3. The second kappa shape index (κ2) is 10.0. The number of nitrogens with zero attached hydrogens (tertiary/aromatic N) is 8. The van der Waals surface area contributed by atoms with Crippen LogP contribution in [0.3, 0.4) is 0 Å². The first-order chi connectivity index (χ1) is 17.2. The molecule has 0 radical (unpaired) electrons. The van der Waals surface area contributed by atoms with Crippen molar-refractivity contribution in [1.82, 2.24) is 33.6 Å². The summed E-state index contributed by atoms with van der Waals surface area (Å²) in [5, 5.41) is 0. The Hall–Kier alpha value is -4.72. The molecule has 5 aromatic rings. The van der Waals surface area contributed by atoms with Gasteiger partial charge in [0.05, 0.1) is 19.0 Å². The molecule has 0 aliphatic carbocycles. The Bertz CT molecular complexity index is 1320. The molecule has 0 aliphatic heterocycles. The van der Waals surface area contributed by atoms with Gasteiger partial charge in [-0.25, -0.2) is 15.0 Å². The lowest BCUT2D eigenvalue weighted by Crippen LogP contribution is -2.25. The number of aliphatic imine (C=N–C) groups is 1. The number of benzene rings is 2. The molecule has 0 aliphatic rings. The van der Waals surface area contributed by atoms with Gasteiger partial charge in [0.1, 0.15) is 12.3 Å². The molecular weight excluding hydrogens is 436 g/mol. The van der Waals surface area contributed by atoms with E-state index in [1.54, 1.807) is 24.8 Å². The minimum absolute atomic E-state index is 0.0407. The number of hydrogen-bond acceptors (Lipinski definition) is 5. The van der Waals surface area contributed by atoms with Gasteiger partial charge in [-0.15, -0.1) is 0 Å². The third kappa shape index (κ3) is 4.67. The van der Waals surface area contributed by atoms with Crippen LogP contribution in [0.15, 0.2) is 122 Å². The molecule has 0 saturated heterocycles. The second-order valence-electron chi connectivity index (χ2n) is 8.17. The highest BCUT2D eigenvalue weighted by Gasteiger charge is 2.17. The van der Waals surface area contributed by atoms with Gasteiger partial charge in [-0.3, -0.25) is 4.99 Å². The van der Waals surface area contributed by atoms with Crippen LogP contribution in [0.2, 0.25) is 0 Å². The summed E-state index contributed by atoms with van der Waals surface area (Å²) in [7, 11) is 2.01. The van der Waals surface area contributed by atoms with Crippen molar-refractivity contribution in [2.24, 2.45) is 4.99 Å². The lowest BCUT2D eigenvalue weighted by Gasteiger charge is -2.28. The van der Waals surface area contributed by atoms with Gasteiger partial charge in [-0.1, -0.05) is 48.5 Å². The zero-order chi connectivity index (χ0) is 24.0. The molecule has 0 bridgehead atoms. The van der Waals surface area contributed by atoms with Crippen molar-refractivity contribution in [2.75, 3.05) is 7.05 Å². The van der Waals surface area contributed by atoms with Crippen molar-refractivity contribution >= 4 is 6.72 Å². The van der Waals surface area contributed by atoms with Crippen LogP contribution in [0.25, 0.3) is 11.1 Å². The van der Waals surface area contributed by atoms with E-state index in [9.17, 15) is 0 Å². The Morgan fingerprint density at radius 3 is 1.69 bits per heavy atom. The minimum atomic E-state index is -0.0435. The first-order valence-corrected chi connectivity index (χ1v) is 11.2. The molecule has 0 fully saturated rings. The van der Waals surface area contributed by atoms with E-state index in [2.05, 4.69) is 93.8 Å². The Morgan fingerprint density at radius 1 is 0.743 bits per heavy atom. The van der Waals surface area contributed by atoms with E-state index in [0.717, 1.165) is 22.3 Å². The van der Waals surface area contributed by atoms with Crippen LogP contribution in [0.5, 0.6) is 0 Å². The fourth-order valence-corrected chi connectivity index (χ4v) is 4.29. The Labute approximate surface area is 204 Å². The van der Waals surface area contributed by atoms with E-state index in [1.807, 2.05) is 50.8 Å². The van der Waals surface area contributed by atoms with Crippen LogP contribution in [-0.2, 0) is 0 Å². The van der Waals surface area contributed by atoms with Crippen molar-refractivity contribution in [1.29, 1.82) is 0 Å². The predicted molar refractivity (Wildman–Crippen MR) is 137 cm³/mol. The molecule has 0 saturated carbocycles. The summed E-state index contributed by atoms with van der Waals surface area (Å²) >= 11 is 0. The van der Waals surface area contributed by atoms with Crippen LogP contribution < -0.4 is 0 Å². The quantitative estimate of drug-likeness (QED) is 0.298. The molecule has 1 atom stereocenters. The molecule has 0 amide bonds. The SMILES string of the molecule is C=N/C=C\N(C)C(c1ccc(-c2ccc(C(n3ccnc3)n3ccnc3)cc2)cc1)n1ccnc1. The lowest BCUT2D eigenvalue weighted by molar-refractivity contribution is 0.293. The number of hydrogen-bond donors (Lipinski definition) is 0. The molecule has 3 heterocycles. The summed E-state index contributed by atoms with van der Waals surface area (Å²) in [5.41, 5.74) is 4.58. The summed E-state index contributed by atoms with van der Waals surface area (Å²) in [6.07, 6.45) is 20.2. The van der Waals surface area contributed by atoms with E-state index < -0.39 is 0 Å². The average molecular weight is 463 g/mol. The highest BCUT2D eigenvalue weighted by molar-refractivity contribution is 5.64. The van der Waals surface area contributed by atoms with Gasteiger partial charge < -0.3 is 18.6 Å². The molecule has 8 nitrogen and oxygen atoms in total. The molecule has 3 aromatic heterocycles. The lowest BCUT2D eigenvalue weighted by atomic mass is 10.0. The van der Waals surface area contributed by atoms with Gasteiger partial charge >= 0.3 is 0 Å². The van der Waals surface area contributed by atoms with Crippen molar-refractivity contribution in [2.45, 2.75) is 12.3 Å². The van der Waals surface area contributed by atoms with Gasteiger partial charge in [0.25, 0.3) is 0 Å². The molecule has 35 heavy (non-hydrogen) atoms. The minimum Gasteiger partial charge on any atom is -0.355 e. The molecule has 0 spiro atoms. The molecule has 2 aromatic carbocycles. The number of aromatic nitrogens is 6. The maximum absolute atomic E-state index is 4.22.